The molecule has 0 heterocycles. The number of carbonyl (C=O) groups is 2. The molecule has 94 valence electrons. The average Bonchev–Trinajstić information content (AvgIpc) is 2.21. The number of Topliss-reactive ketones (excluding diaryl/α,β-unsaturated/α-hetero) is 1. The maximum absolute atomic E-state index is 11.3. The molecule has 0 spiro atoms. The van der Waals surface area contributed by atoms with E-state index >= 15 is 0 Å². The molecule has 4 heteroatoms. The van der Waals surface area contributed by atoms with E-state index in [2.05, 4.69) is 6.92 Å². The molecule has 0 saturated heterocycles. The Hall–Kier alpha value is -0.510. The SMILES string of the molecule is CCCCSCC(=O)CC(=O)OCC(C)C. The molecular formula is C12H22O3S. The number of carbonyl (C=O) groups excluding carboxylic acids is 2. The summed E-state index contributed by atoms with van der Waals surface area (Å²) in [4.78, 5) is 22.5. The van der Waals surface area contributed by atoms with Crippen LogP contribution >= 0.6 is 11.8 Å². The van der Waals surface area contributed by atoms with Gasteiger partial charge in [-0.25, -0.2) is 0 Å². The molecule has 3 nitrogen and oxygen atoms in total. The van der Waals surface area contributed by atoms with Crippen LogP contribution in [-0.2, 0) is 14.3 Å². The highest BCUT2D eigenvalue weighted by Crippen LogP contribution is 2.06. The van der Waals surface area contributed by atoms with E-state index in [0.717, 1.165) is 18.6 Å². The van der Waals surface area contributed by atoms with Gasteiger partial charge in [-0.1, -0.05) is 27.2 Å². The highest BCUT2D eigenvalue weighted by molar-refractivity contribution is 7.99. The monoisotopic (exact) mass is 246 g/mol. The number of hydrogen-bond acceptors (Lipinski definition) is 4. The molecule has 0 bridgehead atoms. The van der Waals surface area contributed by atoms with Crippen molar-refractivity contribution < 1.29 is 14.3 Å². The van der Waals surface area contributed by atoms with Gasteiger partial charge in [-0.2, -0.15) is 11.8 Å². The number of ether oxygens (including phenoxy) is 1. The van der Waals surface area contributed by atoms with Crippen molar-refractivity contribution in [1.82, 2.24) is 0 Å². The summed E-state index contributed by atoms with van der Waals surface area (Å²) in [6.07, 6.45) is 2.18. The first-order valence-corrected chi connectivity index (χ1v) is 6.96. The van der Waals surface area contributed by atoms with E-state index in [1.54, 1.807) is 11.8 Å². The lowest BCUT2D eigenvalue weighted by molar-refractivity contribution is -0.146. The largest absolute Gasteiger partial charge is 0.465 e. The average molecular weight is 246 g/mol. The third-order valence-corrected chi connectivity index (χ3v) is 2.93. The van der Waals surface area contributed by atoms with Gasteiger partial charge in [0.2, 0.25) is 0 Å². The van der Waals surface area contributed by atoms with Crippen LogP contribution in [0.4, 0.5) is 0 Å². The first-order valence-electron chi connectivity index (χ1n) is 5.81. The highest BCUT2D eigenvalue weighted by atomic mass is 32.2. The summed E-state index contributed by atoms with van der Waals surface area (Å²) in [7, 11) is 0. The van der Waals surface area contributed by atoms with Crippen LogP contribution in [0.2, 0.25) is 0 Å². The number of hydrogen-bond donors (Lipinski definition) is 0. The van der Waals surface area contributed by atoms with Gasteiger partial charge in [-0.05, 0) is 18.1 Å². The van der Waals surface area contributed by atoms with Gasteiger partial charge in [0.1, 0.15) is 6.42 Å². The third kappa shape index (κ3) is 10.0. The Morgan fingerprint density at radius 1 is 1.31 bits per heavy atom. The molecule has 0 unspecified atom stereocenters. The summed E-state index contributed by atoms with van der Waals surface area (Å²) in [6.45, 7) is 6.45. The van der Waals surface area contributed by atoms with Gasteiger partial charge in [0, 0.05) is 0 Å². The zero-order valence-corrected chi connectivity index (χ0v) is 11.3. The lowest BCUT2D eigenvalue weighted by Gasteiger charge is -2.06. The molecule has 0 aromatic heterocycles. The van der Waals surface area contributed by atoms with Crippen LogP contribution in [0.25, 0.3) is 0 Å². The van der Waals surface area contributed by atoms with Gasteiger partial charge in [0.15, 0.2) is 5.78 Å². The van der Waals surface area contributed by atoms with Crippen molar-refractivity contribution in [3.05, 3.63) is 0 Å². The highest BCUT2D eigenvalue weighted by Gasteiger charge is 2.11. The Morgan fingerprint density at radius 3 is 2.56 bits per heavy atom. The summed E-state index contributed by atoms with van der Waals surface area (Å²) < 4.78 is 4.93. The Labute approximate surface area is 102 Å². The Balaban J connectivity index is 3.51. The van der Waals surface area contributed by atoms with E-state index in [0.29, 0.717) is 18.3 Å². The van der Waals surface area contributed by atoms with Crippen LogP contribution in [0, 0.1) is 5.92 Å². The lowest BCUT2D eigenvalue weighted by atomic mass is 10.2. The fourth-order valence-corrected chi connectivity index (χ4v) is 1.92. The second-order valence-electron chi connectivity index (χ2n) is 4.20. The van der Waals surface area contributed by atoms with E-state index in [-0.39, 0.29) is 12.2 Å². The minimum atomic E-state index is -0.394. The van der Waals surface area contributed by atoms with Crippen molar-refractivity contribution >= 4 is 23.5 Å². The van der Waals surface area contributed by atoms with Crippen LogP contribution in [0.15, 0.2) is 0 Å². The second kappa shape index (κ2) is 9.70. The van der Waals surface area contributed by atoms with Gasteiger partial charge in [-0.15, -0.1) is 0 Å². The molecule has 0 fully saturated rings. The molecular weight excluding hydrogens is 224 g/mol. The van der Waals surface area contributed by atoms with E-state index in [1.807, 2.05) is 13.8 Å². The number of ketones is 1. The minimum absolute atomic E-state index is 0.0325. The summed E-state index contributed by atoms with van der Waals surface area (Å²) in [5, 5.41) is 0. The van der Waals surface area contributed by atoms with Crippen LogP contribution < -0.4 is 0 Å². The van der Waals surface area contributed by atoms with Crippen molar-refractivity contribution in [2.45, 2.75) is 40.0 Å². The normalized spacial score (nSPS) is 10.5. The quantitative estimate of drug-likeness (QED) is 0.356. The van der Waals surface area contributed by atoms with Crippen molar-refractivity contribution in [3.63, 3.8) is 0 Å². The number of thioether (sulfide) groups is 1. The summed E-state index contributed by atoms with van der Waals surface area (Å²) in [5.74, 6) is 1.31. The topological polar surface area (TPSA) is 43.4 Å². The first kappa shape index (κ1) is 15.5. The van der Waals surface area contributed by atoms with Crippen LogP contribution in [-0.4, -0.2) is 29.9 Å². The number of unbranched alkanes of at least 4 members (excludes halogenated alkanes) is 1. The Morgan fingerprint density at radius 2 is 2.00 bits per heavy atom. The maximum atomic E-state index is 11.3. The molecule has 0 radical (unpaired) electrons. The van der Waals surface area contributed by atoms with Gasteiger partial charge in [0.25, 0.3) is 0 Å². The van der Waals surface area contributed by atoms with E-state index in [1.165, 1.54) is 0 Å². The van der Waals surface area contributed by atoms with Crippen LogP contribution in [0.5, 0.6) is 0 Å². The predicted octanol–water partition coefficient (Wildman–Crippen LogP) is 2.68. The molecule has 0 aliphatic heterocycles. The fraction of sp³-hybridized carbons (Fsp3) is 0.833. The molecule has 0 aliphatic rings. The molecule has 0 aliphatic carbocycles. The minimum Gasteiger partial charge on any atom is -0.465 e. The third-order valence-electron chi connectivity index (χ3n) is 1.82. The van der Waals surface area contributed by atoms with Gasteiger partial charge in [-0.3, -0.25) is 9.59 Å². The van der Waals surface area contributed by atoms with Crippen molar-refractivity contribution in [3.8, 4) is 0 Å². The summed E-state index contributed by atoms with van der Waals surface area (Å²) in [6, 6.07) is 0. The molecule has 16 heavy (non-hydrogen) atoms. The Bertz CT molecular complexity index is 214. The lowest BCUT2D eigenvalue weighted by Crippen LogP contribution is -2.15. The van der Waals surface area contributed by atoms with Crippen LogP contribution in [0.1, 0.15) is 40.0 Å². The molecule has 0 rings (SSSR count). The number of esters is 1. The second-order valence-corrected chi connectivity index (χ2v) is 5.30. The van der Waals surface area contributed by atoms with Crippen molar-refractivity contribution in [2.24, 2.45) is 5.92 Å². The van der Waals surface area contributed by atoms with E-state index < -0.39 is 5.97 Å². The molecule has 0 amide bonds. The zero-order chi connectivity index (χ0) is 12.4. The summed E-state index contributed by atoms with van der Waals surface area (Å²) in [5.41, 5.74) is 0. The molecule has 0 N–H and O–H groups in total. The molecule has 0 aromatic carbocycles. The van der Waals surface area contributed by atoms with Crippen molar-refractivity contribution in [2.75, 3.05) is 18.1 Å². The first-order chi connectivity index (χ1) is 7.56. The fourth-order valence-electron chi connectivity index (χ4n) is 0.955. The van der Waals surface area contributed by atoms with Gasteiger partial charge >= 0.3 is 5.97 Å². The molecule has 0 saturated carbocycles. The molecule has 0 atom stereocenters. The van der Waals surface area contributed by atoms with Crippen molar-refractivity contribution in [1.29, 1.82) is 0 Å². The van der Waals surface area contributed by atoms with Crippen LogP contribution in [0.3, 0.4) is 0 Å². The number of rotatable bonds is 9. The maximum Gasteiger partial charge on any atom is 0.313 e. The summed E-state index contributed by atoms with van der Waals surface area (Å²) >= 11 is 1.59. The predicted molar refractivity (Wildman–Crippen MR) is 67.7 cm³/mol. The van der Waals surface area contributed by atoms with Gasteiger partial charge in [0.05, 0.1) is 12.4 Å². The smallest absolute Gasteiger partial charge is 0.313 e. The zero-order valence-electron chi connectivity index (χ0n) is 10.5. The molecule has 0 aromatic rings. The van der Waals surface area contributed by atoms with Gasteiger partial charge < -0.3 is 4.74 Å². The Kier molecular flexibility index (Phi) is 9.39. The van der Waals surface area contributed by atoms with E-state index in [4.69, 9.17) is 4.74 Å². The van der Waals surface area contributed by atoms with E-state index in [9.17, 15) is 9.59 Å². The standard InChI is InChI=1S/C12H22O3S/c1-4-5-6-16-9-11(13)7-12(14)15-8-10(2)3/h10H,4-9H2,1-3H3.